The van der Waals surface area contributed by atoms with Gasteiger partial charge in [-0.3, -0.25) is 4.68 Å². The van der Waals surface area contributed by atoms with Crippen LogP contribution in [0.5, 0.6) is 0 Å². The lowest BCUT2D eigenvalue weighted by atomic mass is 10.2. The second kappa shape index (κ2) is 8.04. The Balaban J connectivity index is 0.000000921. The SMILES string of the molecule is C/C=C\c1cn(CC)nc1/C=C\C.CC. The number of aryl methyl sites for hydroxylation is 1. The molecular formula is C13H22N2. The Morgan fingerprint density at radius 2 is 1.80 bits per heavy atom. The molecule has 0 saturated heterocycles. The van der Waals surface area contributed by atoms with Gasteiger partial charge in [0.25, 0.3) is 0 Å². The molecule has 0 unspecified atom stereocenters. The molecule has 1 rings (SSSR count). The summed E-state index contributed by atoms with van der Waals surface area (Å²) < 4.78 is 1.95. The highest BCUT2D eigenvalue weighted by atomic mass is 15.3. The minimum atomic E-state index is 0.919. The summed E-state index contributed by atoms with van der Waals surface area (Å²) in [5.41, 5.74) is 2.23. The van der Waals surface area contributed by atoms with E-state index in [1.54, 1.807) is 0 Å². The molecule has 2 heteroatoms. The molecule has 0 aliphatic carbocycles. The van der Waals surface area contributed by atoms with Crippen molar-refractivity contribution in [2.75, 3.05) is 0 Å². The standard InChI is InChI=1S/C11H16N2.C2H6/c1-4-7-10-9-13(6-3)12-11(10)8-5-2;1-2/h4-5,7-9H,6H2,1-3H3;1-2H3/b7-4-,8-5-;. The lowest BCUT2D eigenvalue weighted by molar-refractivity contribution is 0.658. The van der Waals surface area contributed by atoms with Crippen molar-refractivity contribution in [3.05, 3.63) is 29.6 Å². The van der Waals surface area contributed by atoms with Crippen molar-refractivity contribution in [3.63, 3.8) is 0 Å². The fraction of sp³-hybridized carbons (Fsp3) is 0.462. The molecule has 0 saturated carbocycles. The molecule has 0 fully saturated rings. The number of allylic oxidation sites excluding steroid dienone is 2. The van der Waals surface area contributed by atoms with Gasteiger partial charge in [-0.15, -0.1) is 0 Å². The molecule has 2 nitrogen and oxygen atoms in total. The summed E-state index contributed by atoms with van der Waals surface area (Å²) >= 11 is 0. The molecule has 0 amide bonds. The summed E-state index contributed by atoms with van der Waals surface area (Å²) in [5, 5.41) is 4.42. The van der Waals surface area contributed by atoms with Crippen LogP contribution >= 0.6 is 0 Å². The maximum atomic E-state index is 4.42. The van der Waals surface area contributed by atoms with Crippen LogP contribution in [0.4, 0.5) is 0 Å². The number of hydrogen-bond donors (Lipinski definition) is 0. The van der Waals surface area contributed by atoms with E-state index < -0.39 is 0 Å². The Bertz CT molecular complexity index is 290. The first kappa shape index (κ1) is 13.7. The smallest absolute Gasteiger partial charge is 0.0919 e. The van der Waals surface area contributed by atoms with Crippen LogP contribution in [0.1, 0.15) is 45.9 Å². The topological polar surface area (TPSA) is 17.8 Å². The van der Waals surface area contributed by atoms with Crippen LogP contribution in [0.25, 0.3) is 12.2 Å². The average molecular weight is 206 g/mol. The lowest BCUT2D eigenvalue weighted by Gasteiger charge is -1.89. The van der Waals surface area contributed by atoms with Crippen LogP contribution in [0.3, 0.4) is 0 Å². The van der Waals surface area contributed by atoms with E-state index in [2.05, 4.69) is 24.3 Å². The second-order valence-corrected chi connectivity index (χ2v) is 2.83. The van der Waals surface area contributed by atoms with Crippen LogP contribution in [-0.4, -0.2) is 9.78 Å². The van der Waals surface area contributed by atoms with Gasteiger partial charge in [0.1, 0.15) is 0 Å². The molecule has 0 aliphatic heterocycles. The van der Waals surface area contributed by atoms with E-state index in [4.69, 9.17) is 0 Å². The summed E-state index contributed by atoms with van der Waals surface area (Å²) in [6.45, 7) is 11.0. The summed E-state index contributed by atoms with van der Waals surface area (Å²) in [7, 11) is 0. The zero-order chi connectivity index (χ0) is 11.7. The molecule has 1 aromatic heterocycles. The van der Waals surface area contributed by atoms with Crippen LogP contribution in [0.2, 0.25) is 0 Å². The molecule has 84 valence electrons. The largest absolute Gasteiger partial charge is 0.272 e. The fourth-order valence-corrected chi connectivity index (χ4v) is 1.21. The second-order valence-electron chi connectivity index (χ2n) is 2.83. The van der Waals surface area contributed by atoms with E-state index >= 15 is 0 Å². The minimum Gasteiger partial charge on any atom is -0.272 e. The molecule has 0 radical (unpaired) electrons. The van der Waals surface area contributed by atoms with Crippen LogP contribution < -0.4 is 0 Å². The predicted octanol–water partition coefficient (Wildman–Crippen LogP) is 4.00. The summed E-state index contributed by atoms with van der Waals surface area (Å²) in [5.74, 6) is 0. The van der Waals surface area contributed by atoms with Gasteiger partial charge in [-0.1, -0.05) is 32.1 Å². The molecule has 1 aromatic rings. The maximum absolute atomic E-state index is 4.42. The molecule has 1 heterocycles. The predicted molar refractivity (Wildman–Crippen MR) is 68.7 cm³/mol. The molecule has 0 N–H and O–H groups in total. The summed E-state index contributed by atoms with van der Waals surface area (Å²) in [6, 6.07) is 0. The van der Waals surface area contributed by atoms with E-state index in [0.29, 0.717) is 0 Å². The highest BCUT2D eigenvalue weighted by Crippen LogP contribution is 2.10. The monoisotopic (exact) mass is 206 g/mol. The van der Waals surface area contributed by atoms with Crippen molar-refractivity contribution in [1.29, 1.82) is 0 Å². The molecule has 15 heavy (non-hydrogen) atoms. The summed E-state index contributed by atoms with van der Waals surface area (Å²) in [6.07, 6.45) is 10.2. The maximum Gasteiger partial charge on any atom is 0.0919 e. The zero-order valence-corrected chi connectivity index (χ0v) is 10.5. The molecular weight excluding hydrogens is 184 g/mol. The zero-order valence-electron chi connectivity index (χ0n) is 10.5. The molecule has 0 spiro atoms. The number of hydrogen-bond acceptors (Lipinski definition) is 1. The van der Waals surface area contributed by atoms with Crippen LogP contribution in [0.15, 0.2) is 18.3 Å². The van der Waals surface area contributed by atoms with E-state index in [1.807, 2.05) is 50.6 Å². The van der Waals surface area contributed by atoms with Crippen molar-refractivity contribution in [1.82, 2.24) is 9.78 Å². The van der Waals surface area contributed by atoms with Crippen molar-refractivity contribution in [2.45, 2.75) is 41.2 Å². The fourth-order valence-electron chi connectivity index (χ4n) is 1.21. The van der Waals surface area contributed by atoms with Gasteiger partial charge in [-0.05, 0) is 26.8 Å². The molecule has 0 aliphatic rings. The first-order chi connectivity index (χ1) is 7.31. The Hall–Kier alpha value is -1.31. The quantitative estimate of drug-likeness (QED) is 0.731. The third kappa shape index (κ3) is 4.15. The molecule has 0 bridgehead atoms. The highest BCUT2D eigenvalue weighted by Gasteiger charge is 2.00. The van der Waals surface area contributed by atoms with Gasteiger partial charge < -0.3 is 0 Å². The first-order valence-electron chi connectivity index (χ1n) is 5.64. The molecule has 0 aromatic carbocycles. The van der Waals surface area contributed by atoms with E-state index in [-0.39, 0.29) is 0 Å². The minimum absolute atomic E-state index is 0.919. The van der Waals surface area contributed by atoms with Gasteiger partial charge in [0.05, 0.1) is 5.69 Å². The van der Waals surface area contributed by atoms with Gasteiger partial charge >= 0.3 is 0 Å². The lowest BCUT2D eigenvalue weighted by Crippen LogP contribution is -1.93. The Labute approximate surface area is 93.3 Å². The number of rotatable bonds is 3. The first-order valence-corrected chi connectivity index (χ1v) is 5.64. The number of nitrogens with zero attached hydrogens (tertiary/aromatic N) is 2. The van der Waals surface area contributed by atoms with Crippen molar-refractivity contribution >= 4 is 12.2 Å². The Morgan fingerprint density at radius 1 is 1.20 bits per heavy atom. The highest BCUT2D eigenvalue weighted by molar-refractivity contribution is 5.61. The van der Waals surface area contributed by atoms with Crippen molar-refractivity contribution in [2.24, 2.45) is 0 Å². The van der Waals surface area contributed by atoms with Gasteiger partial charge in [0.15, 0.2) is 0 Å². The normalized spacial score (nSPS) is 10.7. The third-order valence-corrected chi connectivity index (χ3v) is 1.81. The van der Waals surface area contributed by atoms with Crippen LogP contribution in [-0.2, 0) is 6.54 Å². The molecule has 0 atom stereocenters. The van der Waals surface area contributed by atoms with E-state index in [1.165, 1.54) is 5.56 Å². The van der Waals surface area contributed by atoms with Crippen LogP contribution in [0, 0.1) is 0 Å². The van der Waals surface area contributed by atoms with Crippen molar-refractivity contribution in [3.8, 4) is 0 Å². The Morgan fingerprint density at radius 3 is 2.27 bits per heavy atom. The third-order valence-electron chi connectivity index (χ3n) is 1.81. The van der Waals surface area contributed by atoms with Gasteiger partial charge in [-0.25, -0.2) is 0 Å². The number of aromatic nitrogens is 2. The van der Waals surface area contributed by atoms with E-state index in [0.717, 1.165) is 12.2 Å². The van der Waals surface area contributed by atoms with Gasteiger partial charge in [0, 0.05) is 18.3 Å². The Kier molecular flexibility index (Phi) is 7.33. The van der Waals surface area contributed by atoms with Gasteiger partial charge in [0.2, 0.25) is 0 Å². The van der Waals surface area contributed by atoms with Gasteiger partial charge in [-0.2, -0.15) is 5.10 Å². The summed E-state index contributed by atoms with van der Waals surface area (Å²) in [4.78, 5) is 0. The average Bonchev–Trinajstić information content (AvgIpc) is 2.65. The van der Waals surface area contributed by atoms with Crippen molar-refractivity contribution < 1.29 is 0 Å². The van der Waals surface area contributed by atoms with E-state index in [9.17, 15) is 0 Å².